The molecule has 23 heavy (non-hydrogen) atoms. The Morgan fingerprint density at radius 1 is 1.17 bits per heavy atom. The second-order valence-electron chi connectivity index (χ2n) is 5.19. The predicted molar refractivity (Wildman–Crippen MR) is 95.4 cm³/mol. The number of halogens is 2. The number of para-hydroxylation sites is 2. The number of hydrogen-bond acceptors (Lipinski definition) is 4. The Bertz CT molecular complexity index is 712. The highest BCUT2D eigenvalue weighted by Crippen LogP contribution is 2.33. The lowest BCUT2D eigenvalue weighted by molar-refractivity contribution is 0.0747. The fourth-order valence-electron chi connectivity index (χ4n) is 2.70. The summed E-state index contributed by atoms with van der Waals surface area (Å²) in [4.78, 5) is 16.6. The predicted octanol–water partition coefficient (Wildman–Crippen LogP) is 4.03. The molecule has 1 aromatic carbocycles. The van der Waals surface area contributed by atoms with Crippen LogP contribution in [-0.4, -0.2) is 44.1 Å². The standard InChI is InChI=1S/C16H16Cl2N2O2S/c1-22-13-5-3-2-4-12(13)19-6-8-20(9-7-19)16(21)11-10-14(17)23-15(11)18/h2-5,10H,6-9H2,1H3. The maximum atomic E-state index is 12.5. The van der Waals surface area contributed by atoms with Gasteiger partial charge >= 0.3 is 0 Å². The fourth-order valence-corrected chi connectivity index (χ4v) is 4.15. The lowest BCUT2D eigenvalue weighted by atomic mass is 10.2. The SMILES string of the molecule is COc1ccccc1N1CCN(C(=O)c2cc(Cl)sc2Cl)CC1. The zero-order chi connectivity index (χ0) is 16.4. The first-order valence-corrected chi connectivity index (χ1v) is 8.79. The van der Waals surface area contributed by atoms with E-state index in [4.69, 9.17) is 27.9 Å². The zero-order valence-electron chi connectivity index (χ0n) is 12.6. The summed E-state index contributed by atoms with van der Waals surface area (Å²) in [5.74, 6) is 0.790. The van der Waals surface area contributed by atoms with Crippen LogP contribution in [0.25, 0.3) is 0 Å². The van der Waals surface area contributed by atoms with Gasteiger partial charge in [0.15, 0.2) is 0 Å². The monoisotopic (exact) mass is 370 g/mol. The molecule has 7 heteroatoms. The van der Waals surface area contributed by atoms with Crippen molar-refractivity contribution >= 4 is 46.1 Å². The van der Waals surface area contributed by atoms with Crippen molar-refractivity contribution in [3.8, 4) is 5.75 Å². The van der Waals surface area contributed by atoms with Gasteiger partial charge in [-0.2, -0.15) is 0 Å². The maximum absolute atomic E-state index is 12.5. The third-order valence-electron chi connectivity index (χ3n) is 3.88. The van der Waals surface area contributed by atoms with Gasteiger partial charge in [0.25, 0.3) is 5.91 Å². The minimum absolute atomic E-state index is 0.0576. The van der Waals surface area contributed by atoms with E-state index in [2.05, 4.69) is 4.90 Å². The summed E-state index contributed by atoms with van der Waals surface area (Å²) in [5.41, 5.74) is 1.55. The third-order valence-corrected chi connectivity index (χ3v) is 5.37. The molecule has 2 aromatic rings. The van der Waals surface area contributed by atoms with Gasteiger partial charge in [0, 0.05) is 26.2 Å². The first kappa shape index (κ1) is 16.4. The molecule has 3 rings (SSSR count). The van der Waals surface area contributed by atoms with Crippen LogP contribution in [0.1, 0.15) is 10.4 Å². The van der Waals surface area contributed by atoms with Gasteiger partial charge in [-0.3, -0.25) is 4.79 Å². The van der Waals surface area contributed by atoms with Crippen LogP contribution in [0.2, 0.25) is 8.67 Å². The quantitative estimate of drug-likeness (QED) is 0.817. The average molecular weight is 371 g/mol. The summed E-state index contributed by atoms with van der Waals surface area (Å²) >= 11 is 13.2. The van der Waals surface area contributed by atoms with Gasteiger partial charge in [-0.15, -0.1) is 11.3 Å². The number of methoxy groups -OCH3 is 1. The van der Waals surface area contributed by atoms with E-state index in [-0.39, 0.29) is 5.91 Å². The molecule has 1 saturated heterocycles. The van der Waals surface area contributed by atoms with E-state index < -0.39 is 0 Å². The van der Waals surface area contributed by atoms with Gasteiger partial charge in [0.05, 0.1) is 22.7 Å². The van der Waals surface area contributed by atoms with E-state index >= 15 is 0 Å². The number of amides is 1. The molecule has 0 radical (unpaired) electrons. The molecule has 122 valence electrons. The van der Waals surface area contributed by atoms with Crippen molar-refractivity contribution in [3.63, 3.8) is 0 Å². The minimum atomic E-state index is -0.0576. The molecule has 0 aliphatic carbocycles. The van der Waals surface area contributed by atoms with Crippen LogP contribution in [0, 0.1) is 0 Å². The van der Waals surface area contributed by atoms with Crippen LogP contribution in [0.15, 0.2) is 30.3 Å². The van der Waals surface area contributed by atoms with Crippen molar-refractivity contribution < 1.29 is 9.53 Å². The molecule has 2 heterocycles. The summed E-state index contributed by atoms with van der Waals surface area (Å²) in [5, 5.41) is 0. The van der Waals surface area contributed by atoms with Crippen LogP contribution >= 0.6 is 34.5 Å². The molecule has 0 spiro atoms. The fraction of sp³-hybridized carbons (Fsp3) is 0.312. The molecule has 0 atom stereocenters. The van der Waals surface area contributed by atoms with E-state index in [1.807, 2.05) is 29.2 Å². The van der Waals surface area contributed by atoms with Crippen molar-refractivity contribution in [2.24, 2.45) is 0 Å². The smallest absolute Gasteiger partial charge is 0.256 e. The molecule has 0 N–H and O–H groups in total. The van der Waals surface area contributed by atoms with Crippen molar-refractivity contribution in [1.82, 2.24) is 4.90 Å². The number of hydrogen-bond donors (Lipinski definition) is 0. The number of rotatable bonds is 3. The highest BCUT2D eigenvalue weighted by Gasteiger charge is 2.25. The summed E-state index contributed by atoms with van der Waals surface area (Å²) in [7, 11) is 1.67. The molecular formula is C16H16Cl2N2O2S. The second kappa shape index (κ2) is 6.99. The number of piperazine rings is 1. The van der Waals surface area contributed by atoms with Gasteiger partial charge in [0.1, 0.15) is 10.1 Å². The average Bonchev–Trinajstić information content (AvgIpc) is 2.92. The van der Waals surface area contributed by atoms with Crippen molar-refractivity contribution in [2.45, 2.75) is 0 Å². The van der Waals surface area contributed by atoms with Crippen molar-refractivity contribution in [2.75, 3.05) is 38.2 Å². The molecule has 1 fully saturated rings. The Kier molecular flexibility index (Phi) is 4.99. The van der Waals surface area contributed by atoms with Crippen molar-refractivity contribution in [1.29, 1.82) is 0 Å². The molecule has 1 aromatic heterocycles. The van der Waals surface area contributed by atoms with Crippen LogP contribution in [0.4, 0.5) is 5.69 Å². The van der Waals surface area contributed by atoms with Crippen LogP contribution in [0.3, 0.4) is 0 Å². The van der Waals surface area contributed by atoms with E-state index in [9.17, 15) is 4.79 Å². The molecule has 1 aliphatic rings. The number of benzene rings is 1. The van der Waals surface area contributed by atoms with E-state index in [1.54, 1.807) is 13.2 Å². The number of anilines is 1. The first-order chi connectivity index (χ1) is 11.1. The van der Waals surface area contributed by atoms with Gasteiger partial charge in [-0.1, -0.05) is 35.3 Å². The number of ether oxygens (including phenoxy) is 1. The number of carbonyl (C=O) groups excluding carboxylic acids is 1. The van der Waals surface area contributed by atoms with E-state index in [0.717, 1.165) is 24.5 Å². The molecule has 1 amide bonds. The Labute approximate surface area is 149 Å². The van der Waals surface area contributed by atoms with Crippen LogP contribution in [0.5, 0.6) is 5.75 Å². The Hall–Kier alpha value is -1.43. The Morgan fingerprint density at radius 3 is 2.48 bits per heavy atom. The van der Waals surface area contributed by atoms with Crippen LogP contribution in [-0.2, 0) is 0 Å². The Balaban J connectivity index is 1.69. The van der Waals surface area contributed by atoms with Crippen molar-refractivity contribution in [3.05, 3.63) is 44.6 Å². The topological polar surface area (TPSA) is 32.8 Å². The zero-order valence-corrected chi connectivity index (χ0v) is 14.9. The Morgan fingerprint density at radius 2 is 1.87 bits per heavy atom. The maximum Gasteiger partial charge on any atom is 0.256 e. The summed E-state index contributed by atoms with van der Waals surface area (Å²) in [6.45, 7) is 2.78. The van der Waals surface area contributed by atoms with E-state index in [0.29, 0.717) is 27.3 Å². The number of nitrogens with zero attached hydrogens (tertiary/aromatic N) is 2. The molecule has 0 saturated carbocycles. The second-order valence-corrected chi connectivity index (χ2v) is 7.47. The molecule has 0 unspecified atom stereocenters. The molecule has 4 nitrogen and oxygen atoms in total. The van der Waals surface area contributed by atoms with Gasteiger partial charge in [0.2, 0.25) is 0 Å². The van der Waals surface area contributed by atoms with E-state index in [1.165, 1.54) is 11.3 Å². The highest BCUT2D eigenvalue weighted by atomic mass is 35.5. The molecule has 1 aliphatic heterocycles. The number of carbonyl (C=O) groups is 1. The summed E-state index contributed by atoms with van der Waals surface area (Å²) in [6, 6.07) is 9.56. The highest BCUT2D eigenvalue weighted by molar-refractivity contribution is 7.20. The molecule has 0 bridgehead atoms. The number of thiophene rings is 1. The van der Waals surface area contributed by atoms with Crippen LogP contribution < -0.4 is 9.64 Å². The normalized spacial score (nSPS) is 14.9. The minimum Gasteiger partial charge on any atom is -0.495 e. The summed E-state index contributed by atoms with van der Waals surface area (Å²) < 4.78 is 6.39. The summed E-state index contributed by atoms with van der Waals surface area (Å²) in [6.07, 6.45) is 0. The lowest BCUT2D eigenvalue weighted by Gasteiger charge is -2.36. The lowest BCUT2D eigenvalue weighted by Crippen LogP contribution is -2.48. The van der Waals surface area contributed by atoms with Gasteiger partial charge in [-0.25, -0.2) is 0 Å². The third kappa shape index (κ3) is 3.42. The van der Waals surface area contributed by atoms with Gasteiger partial charge in [-0.05, 0) is 18.2 Å². The molecular weight excluding hydrogens is 355 g/mol. The first-order valence-electron chi connectivity index (χ1n) is 7.22. The van der Waals surface area contributed by atoms with Gasteiger partial charge < -0.3 is 14.5 Å². The largest absolute Gasteiger partial charge is 0.495 e.